The third kappa shape index (κ3) is 12.0. The Labute approximate surface area is 130 Å². The summed E-state index contributed by atoms with van der Waals surface area (Å²) in [6, 6.07) is 0. The largest absolute Gasteiger partial charge is 0.462 e. The molecule has 0 saturated carbocycles. The van der Waals surface area contributed by atoms with Crippen LogP contribution in [0.4, 0.5) is 0 Å². The number of terminal acetylenes is 1. The third-order valence-electron chi connectivity index (χ3n) is 3.25. The van der Waals surface area contributed by atoms with Crippen molar-refractivity contribution in [1.82, 2.24) is 0 Å². The van der Waals surface area contributed by atoms with Gasteiger partial charge in [-0.3, -0.25) is 0 Å². The Balaban J connectivity index is 3.72. The zero-order valence-electron chi connectivity index (χ0n) is 13.7. The second kappa shape index (κ2) is 14.9. The Morgan fingerprint density at radius 2 is 1.71 bits per heavy atom. The van der Waals surface area contributed by atoms with Crippen LogP contribution >= 0.6 is 0 Å². The van der Waals surface area contributed by atoms with E-state index >= 15 is 0 Å². The van der Waals surface area contributed by atoms with E-state index < -0.39 is 0 Å². The van der Waals surface area contributed by atoms with Crippen LogP contribution in [-0.4, -0.2) is 12.6 Å². The Kier molecular flexibility index (Phi) is 13.9. The molecule has 21 heavy (non-hydrogen) atoms. The predicted molar refractivity (Wildman–Crippen MR) is 89.9 cm³/mol. The minimum atomic E-state index is -0.218. The molecule has 0 aliphatic rings. The topological polar surface area (TPSA) is 26.3 Å². The maximum absolute atomic E-state index is 11.7. The second-order valence-electron chi connectivity index (χ2n) is 5.10. The summed E-state index contributed by atoms with van der Waals surface area (Å²) in [5, 5.41) is 0. The van der Waals surface area contributed by atoms with Crippen LogP contribution < -0.4 is 0 Å². The highest BCUT2D eigenvalue weighted by Crippen LogP contribution is 2.11. The summed E-state index contributed by atoms with van der Waals surface area (Å²) in [7, 11) is 0. The molecule has 0 fully saturated rings. The molecule has 0 radical (unpaired) electrons. The van der Waals surface area contributed by atoms with Crippen LogP contribution in [0.15, 0.2) is 23.8 Å². The normalized spacial score (nSPS) is 11.6. The minimum Gasteiger partial charge on any atom is -0.462 e. The van der Waals surface area contributed by atoms with Gasteiger partial charge in [0.1, 0.15) is 0 Å². The van der Waals surface area contributed by atoms with E-state index in [0.717, 1.165) is 25.7 Å². The molecule has 2 nitrogen and oxygen atoms in total. The second-order valence-corrected chi connectivity index (χ2v) is 5.10. The predicted octanol–water partition coefficient (Wildman–Crippen LogP) is 5.20. The highest BCUT2D eigenvalue weighted by atomic mass is 16.5. The highest BCUT2D eigenvalue weighted by molar-refractivity contribution is 5.91. The van der Waals surface area contributed by atoms with Gasteiger partial charge in [0.05, 0.1) is 12.2 Å². The van der Waals surface area contributed by atoms with Gasteiger partial charge in [0.25, 0.3) is 0 Å². The third-order valence-corrected chi connectivity index (χ3v) is 3.25. The number of rotatable bonds is 12. The van der Waals surface area contributed by atoms with E-state index in [1.165, 1.54) is 32.1 Å². The number of carbonyl (C=O) groups is 1. The summed E-state index contributed by atoms with van der Waals surface area (Å²) >= 11 is 0. The first-order chi connectivity index (χ1) is 10.3. The molecule has 0 atom stereocenters. The van der Waals surface area contributed by atoms with Gasteiger partial charge < -0.3 is 4.74 Å². The van der Waals surface area contributed by atoms with E-state index in [4.69, 9.17) is 11.2 Å². The van der Waals surface area contributed by atoms with E-state index in [-0.39, 0.29) is 5.97 Å². The first kappa shape index (κ1) is 19.5. The molecule has 0 aliphatic carbocycles. The number of carbonyl (C=O) groups excluding carboxylic acids is 1. The van der Waals surface area contributed by atoms with Crippen LogP contribution in [0.1, 0.15) is 71.6 Å². The van der Waals surface area contributed by atoms with Crippen molar-refractivity contribution in [3.8, 4) is 12.3 Å². The lowest BCUT2D eigenvalue weighted by Gasteiger charge is -2.03. The van der Waals surface area contributed by atoms with Crippen LogP contribution in [0.2, 0.25) is 0 Å². The number of hydrogen-bond donors (Lipinski definition) is 0. The summed E-state index contributed by atoms with van der Waals surface area (Å²) < 4.78 is 5.03. The van der Waals surface area contributed by atoms with E-state index in [0.29, 0.717) is 12.2 Å². The quantitative estimate of drug-likeness (QED) is 0.162. The van der Waals surface area contributed by atoms with Crippen LogP contribution in [-0.2, 0) is 9.53 Å². The van der Waals surface area contributed by atoms with Gasteiger partial charge in [-0.1, -0.05) is 50.3 Å². The van der Waals surface area contributed by atoms with Crippen molar-refractivity contribution >= 4 is 5.97 Å². The highest BCUT2D eigenvalue weighted by Gasteiger charge is 2.05. The van der Waals surface area contributed by atoms with Crippen molar-refractivity contribution in [1.29, 1.82) is 0 Å². The average molecular weight is 290 g/mol. The molecule has 0 unspecified atom stereocenters. The van der Waals surface area contributed by atoms with Gasteiger partial charge in [-0.2, -0.15) is 0 Å². The van der Waals surface area contributed by atoms with E-state index in [2.05, 4.69) is 5.92 Å². The lowest BCUT2D eigenvalue weighted by molar-refractivity contribution is -0.138. The molecule has 0 aromatic rings. The number of allylic oxidation sites excluding steroid dienone is 2. The monoisotopic (exact) mass is 290 g/mol. The SMILES string of the molecule is C#CCCCCCCCCC/C=C(\C=C\C)C(=O)OCC. The van der Waals surface area contributed by atoms with E-state index in [9.17, 15) is 4.79 Å². The molecule has 118 valence electrons. The maximum atomic E-state index is 11.7. The van der Waals surface area contributed by atoms with Gasteiger partial charge in [-0.25, -0.2) is 4.79 Å². The summed E-state index contributed by atoms with van der Waals surface area (Å²) in [4.78, 5) is 11.7. The van der Waals surface area contributed by atoms with E-state index in [1.807, 2.05) is 32.1 Å². The maximum Gasteiger partial charge on any atom is 0.337 e. The molecule has 0 bridgehead atoms. The van der Waals surface area contributed by atoms with Gasteiger partial charge in [0.2, 0.25) is 0 Å². The van der Waals surface area contributed by atoms with Crippen molar-refractivity contribution in [2.24, 2.45) is 0 Å². The zero-order valence-corrected chi connectivity index (χ0v) is 13.7. The molecule has 0 saturated heterocycles. The molecule has 0 N–H and O–H groups in total. The average Bonchev–Trinajstić information content (AvgIpc) is 2.48. The standard InChI is InChI=1S/C19H30O2/c1-4-7-8-9-10-11-12-13-14-15-17-18(16-5-2)19(20)21-6-3/h1,5,16-17H,6-15H2,2-3H3/b16-5+,18-17+. The van der Waals surface area contributed by atoms with Crippen molar-refractivity contribution in [2.75, 3.05) is 6.61 Å². The number of ether oxygens (including phenoxy) is 1. The van der Waals surface area contributed by atoms with Gasteiger partial charge in [-0.15, -0.1) is 12.3 Å². The fourth-order valence-corrected chi connectivity index (χ4v) is 2.13. The van der Waals surface area contributed by atoms with E-state index in [1.54, 1.807) is 0 Å². The van der Waals surface area contributed by atoms with Gasteiger partial charge in [-0.05, 0) is 33.1 Å². The molecule has 0 aliphatic heterocycles. The molecule has 0 aromatic carbocycles. The summed E-state index contributed by atoms with van der Waals surface area (Å²) in [5.74, 6) is 2.46. The first-order valence-corrected chi connectivity index (χ1v) is 8.19. The van der Waals surface area contributed by atoms with Crippen LogP contribution in [0.3, 0.4) is 0 Å². The van der Waals surface area contributed by atoms with Gasteiger partial charge in [0, 0.05) is 6.42 Å². The first-order valence-electron chi connectivity index (χ1n) is 8.19. The number of unbranched alkanes of at least 4 members (excludes halogenated alkanes) is 8. The summed E-state index contributed by atoms with van der Waals surface area (Å²) in [5.41, 5.74) is 0.675. The number of esters is 1. The molecule has 0 amide bonds. The Morgan fingerprint density at radius 3 is 2.29 bits per heavy atom. The Hall–Kier alpha value is -1.49. The fraction of sp³-hybridized carbons (Fsp3) is 0.632. The zero-order chi connectivity index (χ0) is 15.8. The summed E-state index contributed by atoms with van der Waals surface area (Å²) in [6.07, 6.45) is 21.3. The molecule has 0 spiro atoms. The number of hydrogen-bond acceptors (Lipinski definition) is 2. The minimum absolute atomic E-state index is 0.218. The van der Waals surface area contributed by atoms with Crippen molar-refractivity contribution in [3.05, 3.63) is 23.8 Å². The van der Waals surface area contributed by atoms with Crippen LogP contribution in [0.5, 0.6) is 0 Å². The molecule has 0 aromatic heterocycles. The fourth-order valence-electron chi connectivity index (χ4n) is 2.13. The summed E-state index contributed by atoms with van der Waals surface area (Å²) in [6.45, 7) is 4.16. The lowest BCUT2D eigenvalue weighted by atomic mass is 10.1. The Bertz CT molecular complexity index is 358. The smallest absolute Gasteiger partial charge is 0.337 e. The molecular weight excluding hydrogens is 260 g/mol. The van der Waals surface area contributed by atoms with Crippen molar-refractivity contribution in [2.45, 2.75) is 71.6 Å². The van der Waals surface area contributed by atoms with Crippen LogP contribution in [0, 0.1) is 12.3 Å². The molecule has 2 heteroatoms. The molecular formula is C19H30O2. The van der Waals surface area contributed by atoms with Crippen molar-refractivity contribution < 1.29 is 9.53 Å². The molecule has 0 heterocycles. The van der Waals surface area contributed by atoms with Crippen LogP contribution in [0.25, 0.3) is 0 Å². The van der Waals surface area contributed by atoms with Gasteiger partial charge in [0.15, 0.2) is 0 Å². The Morgan fingerprint density at radius 1 is 1.10 bits per heavy atom. The van der Waals surface area contributed by atoms with Crippen molar-refractivity contribution in [3.63, 3.8) is 0 Å². The van der Waals surface area contributed by atoms with Gasteiger partial charge >= 0.3 is 5.97 Å². The lowest BCUT2D eigenvalue weighted by Crippen LogP contribution is -2.05. The molecule has 0 rings (SSSR count).